The van der Waals surface area contributed by atoms with Gasteiger partial charge in [-0.2, -0.15) is 0 Å². The van der Waals surface area contributed by atoms with Gasteiger partial charge in [0.05, 0.1) is 0 Å². The van der Waals surface area contributed by atoms with Gasteiger partial charge in [-0.3, -0.25) is 0 Å². The van der Waals surface area contributed by atoms with E-state index in [0.717, 1.165) is 6.54 Å². The van der Waals surface area contributed by atoms with Gasteiger partial charge in [-0.05, 0) is 18.6 Å². The number of allylic oxidation sites excluding steroid dienone is 4. The summed E-state index contributed by atoms with van der Waals surface area (Å²) in [4.78, 5) is 0. The third kappa shape index (κ3) is 4.32. The molecule has 0 aliphatic rings. The molecule has 0 amide bonds. The highest BCUT2D eigenvalue weighted by Crippen LogP contribution is 2.12. The molecule has 0 atom stereocenters. The van der Waals surface area contributed by atoms with Crippen LogP contribution in [-0.2, 0) is 0 Å². The molecular formula is C14H17N. The lowest BCUT2D eigenvalue weighted by molar-refractivity contribution is 1.30. The molecule has 1 nitrogen and oxygen atoms in total. The Morgan fingerprint density at radius 3 is 2.73 bits per heavy atom. The minimum atomic E-state index is 0.840. The summed E-state index contributed by atoms with van der Waals surface area (Å²) in [5, 5.41) is 3.34. The van der Waals surface area contributed by atoms with Crippen LogP contribution in [-0.4, -0.2) is 6.54 Å². The van der Waals surface area contributed by atoms with Gasteiger partial charge in [-0.25, -0.2) is 0 Å². The Kier molecular flexibility index (Phi) is 5.02. The number of nitrogens with one attached hydrogen (secondary N) is 1. The zero-order valence-corrected chi connectivity index (χ0v) is 9.11. The summed E-state index contributed by atoms with van der Waals surface area (Å²) in [5.41, 5.74) is 2.46. The third-order valence-corrected chi connectivity index (χ3v) is 2.05. The topological polar surface area (TPSA) is 12.0 Å². The zero-order valence-electron chi connectivity index (χ0n) is 9.11. The van der Waals surface area contributed by atoms with Crippen molar-refractivity contribution in [3.8, 4) is 0 Å². The fourth-order valence-electron chi connectivity index (χ4n) is 1.23. The largest absolute Gasteiger partial charge is 0.381 e. The highest BCUT2D eigenvalue weighted by Gasteiger charge is 1.91. The van der Waals surface area contributed by atoms with Crippen LogP contribution < -0.4 is 5.32 Å². The second-order valence-electron chi connectivity index (χ2n) is 3.24. The van der Waals surface area contributed by atoms with Crippen molar-refractivity contribution in [2.75, 3.05) is 11.9 Å². The molecule has 0 spiro atoms. The average Bonchev–Trinajstić information content (AvgIpc) is 2.25. The Hall–Kier alpha value is -1.76. The van der Waals surface area contributed by atoms with Gasteiger partial charge in [0.1, 0.15) is 0 Å². The van der Waals surface area contributed by atoms with Crippen molar-refractivity contribution in [3.63, 3.8) is 0 Å². The maximum atomic E-state index is 3.60. The number of anilines is 1. The van der Waals surface area contributed by atoms with E-state index in [9.17, 15) is 0 Å². The van der Waals surface area contributed by atoms with E-state index < -0.39 is 0 Å². The van der Waals surface area contributed by atoms with Gasteiger partial charge in [0.15, 0.2) is 0 Å². The van der Waals surface area contributed by atoms with E-state index in [-0.39, 0.29) is 0 Å². The molecule has 0 aliphatic heterocycles. The van der Waals surface area contributed by atoms with E-state index >= 15 is 0 Å². The molecule has 0 aliphatic carbocycles. The molecule has 1 rings (SSSR count). The first-order valence-corrected chi connectivity index (χ1v) is 5.08. The average molecular weight is 199 g/mol. The first-order chi connectivity index (χ1) is 7.34. The number of benzene rings is 1. The van der Waals surface area contributed by atoms with Crippen LogP contribution in [0.3, 0.4) is 0 Å². The molecule has 0 bridgehead atoms. The summed E-state index contributed by atoms with van der Waals surface area (Å²) < 4.78 is 0. The van der Waals surface area contributed by atoms with Crippen molar-refractivity contribution >= 4 is 5.69 Å². The lowest BCUT2D eigenvalue weighted by atomic mass is 10.2. The van der Waals surface area contributed by atoms with E-state index in [1.54, 1.807) is 6.08 Å². The summed E-state index contributed by atoms with van der Waals surface area (Å²) in [6.07, 6.45) is 9.72. The third-order valence-electron chi connectivity index (χ3n) is 2.05. The SMILES string of the molecule is C=C/C=C\C=C/CNc1ccccc1C. The van der Waals surface area contributed by atoms with Crippen molar-refractivity contribution < 1.29 is 0 Å². The molecule has 0 radical (unpaired) electrons. The molecule has 0 unspecified atom stereocenters. The van der Waals surface area contributed by atoms with Crippen LogP contribution in [0.5, 0.6) is 0 Å². The van der Waals surface area contributed by atoms with Gasteiger partial charge < -0.3 is 5.32 Å². The monoisotopic (exact) mass is 199 g/mol. The summed E-state index contributed by atoms with van der Waals surface area (Å²) in [6.45, 7) is 6.54. The maximum absolute atomic E-state index is 3.60. The minimum absolute atomic E-state index is 0.840. The van der Waals surface area contributed by atoms with Gasteiger partial charge in [0.25, 0.3) is 0 Å². The maximum Gasteiger partial charge on any atom is 0.0372 e. The van der Waals surface area contributed by atoms with Gasteiger partial charge in [-0.1, -0.05) is 55.2 Å². The van der Waals surface area contributed by atoms with Crippen molar-refractivity contribution in [1.82, 2.24) is 0 Å². The van der Waals surface area contributed by atoms with E-state index in [1.165, 1.54) is 11.3 Å². The second kappa shape index (κ2) is 6.66. The van der Waals surface area contributed by atoms with Crippen LogP contribution in [0.15, 0.2) is 61.2 Å². The summed E-state index contributed by atoms with van der Waals surface area (Å²) in [6, 6.07) is 8.27. The van der Waals surface area contributed by atoms with Crippen LogP contribution in [0.4, 0.5) is 5.69 Å². The molecule has 1 aromatic rings. The second-order valence-corrected chi connectivity index (χ2v) is 3.24. The minimum Gasteiger partial charge on any atom is -0.381 e. The number of aryl methyl sites for hydroxylation is 1. The first-order valence-electron chi connectivity index (χ1n) is 5.08. The fraction of sp³-hybridized carbons (Fsp3) is 0.143. The summed E-state index contributed by atoms with van der Waals surface area (Å²) in [5.74, 6) is 0. The van der Waals surface area contributed by atoms with Crippen LogP contribution in [0.2, 0.25) is 0 Å². The van der Waals surface area contributed by atoms with Crippen molar-refractivity contribution in [1.29, 1.82) is 0 Å². The standard InChI is InChI=1S/C14H17N/c1-3-4-5-6-9-12-15-14-11-8-7-10-13(14)2/h3-11,15H,1,12H2,2H3/b5-4-,9-6-. The van der Waals surface area contributed by atoms with Crippen LogP contribution in [0.25, 0.3) is 0 Å². The lowest BCUT2D eigenvalue weighted by Crippen LogP contribution is -1.99. The number of hydrogen-bond donors (Lipinski definition) is 1. The Balaban J connectivity index is 2.38. The number of para-hydroxylation sites is 1. The van der Waals surface area contributed by atoms with Gasteiger partial charge in [-0.15, -0.1) is 0 Å². The van der Waals surface area contributed by atoms with E-state index in [0.29, 0.717) is 0 Å². The van der Waals surface area contributed by atoms with Gasteiger partial charge >= 0.3 is 0 Å². The van der Waals surface area contributed by atoms with Crippen molar-refractivity contribution in [2.24, 2.45) is 0 Å². The fourth-order valence-corrected chi connectivity index (χ4v) is 1.23. The lowest BCUT2D eigenvalue weighted by Gasteiger charge is -2.05. The Morgan fingerprint density at radius 1 is 1.20 bits per heavy atom. The molecule has 1 aromatic carbocycles. The van der Waals surface area contributed by atoms with Gasteiger partial charge in [0, 0.05) is 12.2 Å². The molecule has 0 saturated heterocycles. The first kappa shape index (κ1) is 11.3. The molecule has 15 heavy (non-hydrogen) atoms. The normalized spacial score (nSPS) is 11.0. The molecule has 1 N–H and O–H groups in total. The predicted octanol–water partition coefficient (Wildman–Crippen LogP) is 3.71. The number of rotatable bonds is 5. The molecular weight excluding hydrogens is 182 g/mol. The molecule has 0 aromatic heterocycles. The summed E-state index contributed by atoms with van der Waals surface area (Å²) in [7, 11) is 0. The predicted molar refractivity (Wildman–Crippen MR) is 68.1 cm³/mol. The van der Waals surface area contributed by atoms with Crippen LogP contribution >= 0.6 is 0 Å². The number of hydrogen-bond acceptors (Lipinski definition) is 1. The Labute approximate surface area is 91.8 Å². The van der Waals surface area contributed by atoms with E-state index in [2.05, 4.69) is 37.0 Å². The van der Waals surface area contributed by atoms with E-state index in [4.69, 9.17) is 0 Å². The van der Waals surface area contributed by atoms with E-state index in [1.807, 2.05) is 30.4 Å². The van der Waals surface area contributed by atoms with Crippen molar-refractivity contribution in [3.05, 3.63) is 66.8 Å². The van der Waals surface area contributed by atoms with Crippen LogP contribution in [0.1, 0.15) is 5.56 Å². The van der Waals surface area contributed by atoms with Crippen molar-refractivity contribution in [2.45, 2.75) is 6.92 Å². The molecule has 0 saturated carbocycles. The molecule has 1 heteroatoms. The Bertz CT molecular complexity index is 361. The van der Waals surface area contributed by atoms with Crippen LogP contribution in [0, 0.1) is 6.92 Å². The molecule has 78 valence electrons. The van der Waals surface area contributed by atoms with Gasteiger partial charge in [0.2, 0.25) is 0 Å². The highest BCUT2D eigenvalue weighted by molar-refractivity contribution is 5.50. The smallest absolute Gasteiger partial charge is 0.0372 e. The molecule has 0 heterocycles. The highest BCUT2D eigenvalue weighted by atomic mass is 14.9. The quantitative estimate of drug-likeness (QED) is 0.713. The zero-order chi connectivity index (χ0) is 10.9. The Morgan fingerprint density at radius 2 is 2.00 bits per heavy atom. The summed E-state index contributed by atoms with van der Waals surface area (Å²) >= 11 is 0. The molecule has 0 fully saturated rings.